The molecule has 0 aliphatic carbocycles. The summed E-state index contributed by atoms with van der Waals surface area (Å²) in [7, 11) is 1.63. The van der Waals surface area contributed by atoms with Crippen LogP contribution in [-0.2, 0) is 13.2 Å². The van der Waals surface area contributed by atoms with Crippen LogP contribution in [-0.4, -0.2) is 17.1 Å². The molecule has 0 spiro atoms. The summed E-state index contributed by atoms with van der Waals surface area (Å²) >= 11 is 3.63. The van der Waals surface area contributed by atoms with Crippen molar-refractivity contribution in [1.82, 2.24) is 9.97 Å². The second-order valence-electron chi connectivity index (χ2n) is 6.52. The summed E-state index contributed by atoms with van der Waals surface area (Å²) in [5.41, 5.74) is 4.22. The van der Waals surface area contributed by atoms with Gasteiger partial charge in [-0.25, -0.2) is 4.79 Å². The van der Waals surface area contributed by atoms with E-state index in [-0.39, 0.29) is 5.69 Å². The number of aromatic nitrogens is 2. The van der Waals surface area contributed by atoms with Gasteiger partial charge in [0.25, 0.3) is 0 Å². The average molecular weight is 454 g/mol. The molecule has 0 saturated carbocycles. The Bertz CT molecular complexity index is 1190. The summed E-state index contributed by atoms with van der Waals surface area (Å²) < 4.78 is 12.6. The minimum Gasteiger partial charge on any atom is -0.493 e. The van der Waals surface area contributed by atoms with Crippen LogP contribution in [0, 0.1) is 0 Å². The smallest absolute Gasteiger partial charge is 0.323 e. The van der Waals surface area contributed by atoms with Crippen molar-refractivity contribution in [2.75, 3.05) is 12.4 Å². The summed E-state index contributed by atoms with van der Waals surface area (Å²) in [6, 6.07) is 19.5. The van der Waals surface area contributed by atoms with Gasteiger partial charge in [-0.3, -0.25) is 0 Å². The molecule has 0 unspecified atom stereocenters. The average Bonchev–Trinajstić information content (AvgIpc) is 3.11. The Hall–Kier alpha value is -3.19. The van der Waals surface area contributed by atoms with E-state index in [1.54, 1.807) is 7.11 Å². The number of fused-ring (bicyclic) bond motifs is 1. The topological polar surface area (TPSA) is 79.1 Å². The molecule has 1 aromatic heterocycles. The zero-order valence-electron chi connectivity index (χ0n) is 15.8. The van der Waals surface area contributed by atoms with Gasteiger partial charge < -0.3 is 24.8 Å². The van der Waals surface area contributed by atoms with Crippen LogP contribution in [0.15, 0.2) is 69.9 Å². The van der Waals surface area contributed by atoms with Crippen LogP contribution in [0.4, 0.5) is 5.69 Å². The lowest BCUT2D eigenvalue weighted by Gasteiger charge is -2.17. The van der Waals surface area contributed by atoms with Crippen molar-refractivity contribution in [2.24, 2.45) is 0 Å². The monoisotopic (exact) mass is 453 g/mol. The molecule has 6 nitrogen and oxygen atoms in total. The first-order valence-corrected chi connectivity index (χ1v) is 9.91. The van der Waals surface area contributed by atoms with Gasteiger partial charge in [-0.15, -0.1) is 0 Å². The van der Waals surface area contributed by atoms with Gasteiger partial charge in [-0.1, -0.05) is 46.3 Å². The largest absolute Gasteiger partial charge is 0.493 e. The first-order chi connectivity index (χ1) is 14.1. The Morgan fingerprint density at radius 2 is 1.79 bits per heavy atom. The van der Waals surface area contributed by atoms with Gasteiger partial charge in [0, 0.05) is 22.3 Å². The predicted molar refractivity (Wildman–Crippen MR) is 118 cm³/mol. The number of hydrogen-bond donors (Lipinski definition) is 3. The summed E-state index contributed by atoms with van der Waals surface area (Å²) in [5.74, 6) is 1.36. The number of methoxy groups -OCH3 is 1. The third kappa shape index (κ3) is 4.30. The van der Waals surface area contributed by atoms with E-state index in [0.717, 1.165) is 32.3 Å². The molecule has 0 atom stereocenters. The van der Waals surface area contributed by atoms with Gasteiger partial charge in [-0.05, 0) is 35.9 Å². The van der Waals surface area contributed by atoms with Crippen molar-refractivity contribution < 1.29 is 9.47 Å². The molecule has 3 aromatic carbocycles. The minimum absolute atomic E-state index is 0.218. The van der Waals surface area contributed by atoms with E-state index < -0.39 is 0 Å². The lowest BCUT2D eigenvalue weighted by Crippen LogP contribution is -2.06. The maximum atomic E-state index is 11.5. The fourth-order valence-electron chi connectivity index (χ4n) is 3.13. The Morgan fingerprint density at radius 1 is 1.00 bits per heavy atom. The lowest BCUT2D eigenvalue weighted by molar-refractivity contribution is 0.281. The van der Waals surface area contributed by atoms with Gasteiger partial charge in [0.1, 0.15) is 6.61 Å². The van der Waals surface area contributed by atoms with Crippen LogP contribution in [0.5, 0.6) is 11.5 Å². The zero-order chi connectivity index (χ0) is 20.2. The number of halogens is 1. The molecule has 4 aromatic rings. The fraction of sp³-hybridized carbons (Fsp3) is 0.136. The summed E-state index contributed by atoms with van der Waals surface area (Å²) in [6.07, 6.45) is 0. The lowest BCUT2D eigenvalue weighted by atomic mass is 10.1. The van der Waals surface area contributed by atoms with Gasteiger partial charge in [-0.2, -0.15) is 0 Å². The molecule has 29 heavy (non-hydrogen) atoms. The normalized spacial score (nSPS) is 10.8. The van der Waals surface area contributed by atoms with E-state index in [2.05, 4.69) is 31.2 Å². The number of benzene rings is 3. The van der Waals surface area contributed by atoms with Crippen molar-refractivity contribution >= 4 is 32.7 Å². The van der Waals surface area contributed by atoms with Crippen LogP contribution >= 0.6 is 15.9 Å². The van der Waals surface area contributed by atoms with E-state index in [0.29, 0.717) is 24.7 Å². The summed E-state index contributed by atoms with van der Waals surface area (Å²) in [5, 5.41) is 3.39. The van der Waals surface area contributed by atoms with Crippen LogP contribution in [0.2, 0.25) is 0 Å². The van der Waals surface area contributed by atoms with E-state index in [4.69, 9.17) is 9.47 Å². The highest BCUT2D eigenvalue weighted by Crippen LogP contribution is 2.37. The number of rotatable bonds is 7. The second-order valence-corrected chi connectivity index (χ2v) is 7.38. The number of aromatic amines is 2. The van der Waals surface area contributed by atoms with Crippen molar-refractivity contribution in [3.8, 4) is 11.5 Å². The maximum Gasteiger partial charge on any atom is 0.323 e. The molecular formula is C22H20BrN3O3. The number of anilines is 1. The van der Waals surface area contributed by atoms with Crippen molar-refractivity contribution in [3.05, 3.63) is 86.7 Å². The molecule has 0 aliphatic rings. The summed E-state index contributed by atoms with van der Waals surface area (Å²) in [6.45, 7) is 0.958. The van der Waals surface area contributed by atoms with Crippen LogP contribution in [0.25, 0.3) is 11.0 Å². The highest BCUT2D eigenvalue weighted by molar-refractivity contribution is 9.10. The molecule has 0 saturated heterocycles. The van der Waals surface area contributed by atoms with Crippen molar-refractivity contribution in [3.63, 3.8) is 0 Å². The number of hydrogen-bond acceptors (Lipinski definition) is 4. The van der Waals surface area contributed by atoms with E-state index in [1.165, 1.54) is 0 Å². The molecule has 0 aliphatic heterocycles. The second kappa shape index (κ2) is 8.45. The maximum absolute atomic E-state index is 11.5. The van der Waals surface area contributed by atoms with Gasteiger partial charge in [0.05, 0.1) is 18.1 Å². The molecule has 148 valence electrons. The first kappa shape index (κ1) is 19.1. The molecule has 0 amide bonds. The van der Waals surface area contributed by atoms with Crippen LogP contribution in [0.1, 0.15) is 11.1 Å². The van der Waals surface area contributed by atoms with Gasteiger partial charge in [0.2, 0.25) is 0 Å². The number of nitrogens with one attached hydrogen (secondary N) is 3. The molecule has 3 N–H and O–H groups in total. The van der Waals surface area contributed by atoms with Crippen molar-refractivity contribution in [2.45, 2.75) is 13.2 Å². The molecule has 4 rings (SSSR count). The van der Waals surface area contributed by atoms with Gasteiger partial charge in [0.15, 0.2) is 11.5 Å². The Balaban J connectivity index is 1.58. The first-order valence-electron chi connectivity index (χ1n) is 9.12. The van der Waals surface area contributed by atoms with Crippen LogP contribution < -0.4 is 20.5 Å². The third-order valence-electron chi connectivity index (χ3n) is 4.60. The standard InChI is InChI=1S/C22H20BrN3O3/c1-28-20-10-8-17(23)16(21(20)29-13-14-5-3-2-4-6-14)12-24-15-7-9-18-19(11-15)26-22(27)25-18/h2-11,24H,12-13H2,1H3,(H2,25,26,27). The van der Waals surface area contributed by atoms with E-state index >= 15 is 0 Å². The van der Waals surface area contributed by atoms with Crippen molar-refractivity contribution in [1.29, 1.82) is 0 Å². The highest BCUT2D eigenvalue weighted by atomic mass is 79.9. The third-order valence-corrected chi connectivity index (χ3v) is 5.34. The fourth-order valence-corrected chi connectivity index (χ4v) is 3.58. The zero-order valence-corrected chi connectivity index (χ0v) is 17.4. The Morgan fingerprint density at radius 3 is 2.59 bits per heavy atom. The van der Waals surface area contributed by atoms with Crippen LogP contribution in [0.3, 0.4) is 0 Å². The molecule has 0 bridgehead atoms. The molecule has 7 heteroatoms. The quantitative estimate of drug-likeness (QED) is 0.374. The van der Waals surface area contributed by atoms with E-state index in [1.807, 2.05) is 60.7 Å². The Labute approximate surface area is 176 Å². The number of ether oxygens (including phenoxy) is 2. The number of H-pyrrole nitrogens is 2. The van der Waals surface area contributed by atoms with Gasteiger partial charge >= 0.3 is 5.69 Å². The molecule has 1 heterocycles. The highest BCUT2D eigenvalue weighted by Gasteiger charge is 2.15. The molecule has 0 radical (unpaired) electrons. The molecule has 0 fully saturated rings. The summed E-state index contributed by atoms with van der Waals surface area (Å²) in [4.78, 5) is 17.0. The molecular weight excluding hydrogens is 434 g/mol. The predicted octanol–water partition coefficient (Wildman–Crippen LogP) is 4.82. The Kier molecular flexibility index (Phi) is 5.57. The number of imidazole rings is 1. The van der Waals surface area contributed by atoms with E-state index in [9.17, 15) is 4.79 Å². The minimum atomic E-state index is -0.218. The SMILES string of the molecule is COc1ccc(Br)c(CNc2ccc3[nH]c(=O)[nH]c3c2)c1OCc1ccccc1.